The van der Waals surface area contributed by atoms with Crippen molar-refractivity contribution in [3.63, 3.8) is 0 Å². The van der Waals surface area contributed by atoms with Crippen LogP contribution in [0.25, 0.3) is 0 Å². The van der Waals surface area contributed by atoms with Gasteiger partial charge in [-0.1, -0.05) is 268 Å². The summed E-state index contributed by atoms with van der Waals surface area (Å²) < 4.78 is 68.2. The molecule has 0 saturated heterocycles. The van der Waals surface area contributed by atoms with Crippen molar-refractivity contribution in [2.24, 2.45) is 0 Å². The number of hydrogen-bond acceptors (Lipinski definition) is 15. The predicted molar refractivity (Wildman–Crippen MR) is 408 cm³/mol. The molecule has 0 heterocycles. The van der Waals surface area contributed by atoms with Crippen molar-refractivity contribution >= 4 is 39.5 Å². The average molecular weight is 1440 g/mol. The van der Waals surface area contributed by atoms with Gasteiger partial charge in [0.05, 0.1) is 32.8 Å². The van der Waals surface area contributed by atoms with Crippen molar-refractivity contribution in [3.05, 3.63) is 170 Å². The summed E-state index contributed by atoms with van der Waals surface area (Å²) in [5, 5.41) is 10.6. The van der Waals surface area contributed by atoms with Gasteiger partial charge in [0.2, 0.25) is 0 Å². The molecule has 3 N–H and O–H groups in total. The largest absolute Gasteiger partial charge is 0.472 e. The smallest absolute Gasteiger partial charge is 0.462 e. The molecule has 0 fully saturated rings. The molecule has 0 bridgehead atoms. The van der Waals surface area contributed by atoms with Crippen LogP contribution in [0.1, 0.15) is 259 Å². The quantitative estimate of drug-likeness (QED) is 0.0169. The summed E-state index contributed by atoms with van der Waals surface area (Å²) in [5.41, 5.74) is 0. The van der Waals surface area contributed by atoms with Crippen LogP contribution in [-0.4, -0.2) is 96.7 Å². The zero-order valence-electron chi connectivity index (χ0n) is 61.5. The van der Waals surface area contributed by atoms with Crippen LogP contribution >= 0.6 is 15.6 Å². The van der Waals surface area contributed by atoms with Crippen LogP contribution in [0.3, 0.4) is 0 Å². The zero-order chi connectivity index (χ0) is 73.2. The molecular formula is C81H130O17P2. The molecule has 0 aliphatic carbocycles. The van der Waals surface area contributed by atoms with Gasteiger partial charge in [-0.25, -0.2) is 9.13 Å². The average Bonchev–Trinajstić information content (AvgIpc) is 0.985. The van der Waals surface area contributed by atoms with E-state index in [0.29, 0.717) is 32.1 Å². The first-order valence-corrected chi connectivity index (χ1v) is 40.4. The van der Waals surface area contributed by atoms with Gasteiger partial charge in [0.1, 0.15) is 19.3 Å². The number of allylic oxidation sites excluding steroid dienone is 27. The SMILES string of the molecule is CC/C=C\C/C=C\C/C=C\C/C=C\C/C=C\CCCCCC(=O)OCC(COP(=O)(O)OCC(O)COP(=O)(O)OCC(COC(=O)C/C=C\C/C=C\C/C=C\C/C=C\C/C=C\CC)OC(=O)CCCCCCCCCCCCC)OC(=O)CCCC/C=C\C/C=C\C/C=C\C/C=C\CC. The van der Waals surface area contributed by atoms with Crippen molar-refractivity contribution in [3.8, 4) is 0 Å². The number of aliphatic hydroxyl groups is 1. The molecule has 0 aromatic heterocycles. The monoisotopic (exact) mass is 1440 g/mol. The van der Waals surface area contributed by atoms with E-state index >= 15 is 0 Å². The van der Waals surface area contributed by atoms with Gasteiger partial charge in [-0.2, -0.15) is 0 Å². The molecule has 5 unspecified atom stereocenters. The van der Waals surface area contributed by atoms with Crippen LogP contribution in [0.2, 0.25) is 0 Å². The maximum absolute atomic E-state index is 13.1. The van der Waals surface area contributed by atoms with Gasteiger partial charge in [0.25, 0.3) is 0 Å². The molecule has 100 heavy (non-hydrogen) atoms. The number of aliphatic hydroxyl groups excluding tert-OH is 1. The van der Waals surface area contributed by atoms with E-state index < -0.39 is 97.5 Å². The third kappa shape index (κ3) is 70.8. The second-order valence-electron chi connectivity index (χ2n) is 24.1. The van der Waals surface area contributed by atoms with Gasteiger partial charge in [-0.15, -0.1) is 0 Å². The molecule has 19 heteroatoms. The Morgan fingerprint density at radius 2 is 0.560 bits per heavy atom. The second-order valence-corrected chi connectivity index (χ2v) is 27.0. The molecule has 0 radical (unpaired) electrons. The van der Waals surface area contributed by atoms with Crippen LogP contribution < -0.4 is 0 Å². The highest BCUT2D eigenvalue weighted by Crippen LogP contribution is 2.45. The molecule has 0 rings (SSSR count). The Bertz CT molecular complexity index is 2570. The van der Waals surface area contributed by atoms with Crippen molar-refractivity contribution in [1.29, 1.82) is 0 Å². The maximum Gasteiger partial charge on any atom is 0.472 e. The minimum atomic E-state index is -5.01. The van der Waals surface area contributed by atoms with Gasteiger partial charge in [0, 0.05) is 19.3 Å². The van der Waals surface area contributed by atoms with Gasteiger partial charge >= 0.3 is 39.5 Å². The Hall–Kier alpha value is -5.58. The van der Waals surface area contributed by atoms with E-state index in [9.17, 15) is 43.2 Å². The lowest BCUT2D eigenvalue weighted by atomic mass is 10.1. The van der Waals surface area contributed by atoms with E-state index in [1.165, 1.54) is 38.5 Å². The normalized spacial score (nSPS) is 14.9. The number of carbonyl (C=O) groups excluding carboxylic acids is 4. The first-order valence-electron chi connectivity index (χ1n) is 37.4. The maximum atomic E-state index is 13.1. The van der Waals surface area contributed by atoms with E-state index in [2.05, 4.69) is 174 Å². The highest BCUT2D eigenvalue weighted by molar-refractivity contribution is 7.47. The fourth-order valence-corrected chi connectivity index (χ4v) is 10.7. The van der Waals surface area contributed by atoms with E-state index in [1.807, 2.05) is 18.2 Å². The van der Waals surface area contributed by atoms with Crippen molar-refractivity contribution in [1.82, 2.24) is 0 Å². The molecule has 0 saturated carbocycles. The van der Waals surface area contributed by atoms with Crippen molar-refractivity contribution < 1.29 is 80.2 Å². The number of ether oxygens (including phenoxy) is 4. The lowest BCUT2D eigenvalue weighted by Gasteiger charge is -2.21. The molecule has 17 nitrogen and oxygen atoms in total. The molecule has 0 aromatic carbocycles. The Labute approximate surface area is 603 Å². The third-order valence-electron chi connectivity index (χ3n) is 14.7. The van der Waals surface area contributed by atoms with E-state index in [1.54, 1.807) is 6.08 Å². The number of carbonyl (C=O) groups is 4. The third-order valence-corrected chi connectivity index (χ3v) is 16.6. The number of rotatable bonds is 68. The topological polar surface area (TPSA) is 237 Å². The Balaban J connectivity index is 5.47. The van der Waals surface area contributed by atoms with Crippen LogP contribution in [0.4, 0.5) is 0 Å². The van der Waals surface area contributed by atoms with Crippen LogP contribution in [-0.2, 0) is 65.4 Å². The van der Waals surface area contributed by atoms with Crippen LogP contribution in [0, 0.1) is 0 Å². The summed E-state index contributed by atoms with van der Waals surface area (Å²) in [4.78, 5) is 72.7. The molecule has 0 amide bonds. The molecule has 0 aromatic rings. The van der Waals surface area contributed by atoms with Crippen molar-refractivity contribution in [2.75, 3.05) is 39.6 Å². The first kappa shape index (κ1) is 94.4. The lowest BCUT2D eigenvalue weighted by Crippen LogP contribution is -2.30. The molecule has 0 aliphatic rings. The summed E-state index contributed by atoms with van der Waals surface area (Å²) >= 11 is 0. The fourth-order valence-electron chi connectivity index (χ4n) is 9.13. The minimum Gasteiger partial charge on any atom is -0.462 e. The van der Waals surface area contributed by atoms with E-state index in [0.717, 1.165) is 135 Å². The Morgan fingerprint density at radius 3 is 0.910 bits per heavy atom. The van der Waals surface area contributed by atoms with E-state index in [4.69, 9.17) is 37.0 Å². The molecule has 0 spiro atoms. The number of phosphoric acid groups is 2. The fraction of sp³-hybridized carbons (Fsp3) is 0.605. The van der Waals surface area contributed by atoms with Gasteiger partial charge in [0.15, 0.2) is 12.2 Å². The zero-order valence-corrected chi connectivity index (χ0v) is 63.3. The molecule has 5 atom stereocenters. The molecule has 566 valence electrons. The summed E-state index contributed by atoms with van der Waals surface area (Å²) in [6, 6.07) is 0. The highest BCUT2D eigenvalue weighted by atomic mass is 31.2. The summed E-state index contributed by atoms with van der Waals surface area (Å²) in [6.45, 7) is 4.28. The minimum absolute atomic E-state index is 0.0267. The first-order chi connectivity index (χ1) is 48.7. The molecular weight excluding hydrogens is 1310 g/mol. The Kier molecular flexibility index (Phi) is 67.8. The Morgan fingerprint density at radius 1 is 0.300 bits per heavy atom. The van der Waals surface area contributed by atoms with E-state index in [-0.39, 0.29) is 25.7 Å². The second kappa shape index (κ2) is 71.8. The number of unbranched alkanes of at least 4 members (excludes halogenated alkanes) is 15. The summed E-state index contributed by atoms with van der Waals surface area (Å²) in [5.74, 6) is -2.42. The van der Waals surface area contributed by atoms with Gasteiger partial charge < -0.3 is 33.8 Å². The number of esters is 4. The van der Waals surface area contributed by atoms with Gasteiger partial charge in [-0.3, -0.25) is 37.3 Å². The molecule has 0 aliphatic heterocycles. The van der Waals surface area contributed by atoms with Crippen molar-refractivity contribution in [2.45, 2.75) is 277 Å². The summed E-state index contributed by atoms with van der Waals surface area (Å²) in [7, 11) is -10.0. The standard InChI is InChI=1S/C81H130O17P2/c1-5-9-13-17-21-25-29-32-35-36-37-38-41-43-47-50-54-58-62-66-79(84)92-72-77(98-81(86)68-64-60-56-52-48-44-40-34-31-27-23-19-15-11-7-3)74-96-100(89,90)94-70-75(82)69-93-99(87,88)95-73-76(97-80(85)67-63-59-55-51-45-28-24-20-16-12-8-4)71-91-78(83)65-61-57-53-49-46-42-39-33-30-26-22-18-14-10-6-2/h9-11,13-15,21-23,25-27,32-35,37-40,43,46-49,52,57,61,75-77,82H,5-8,12,16-20,24,28-31,36,41-42,44-45,50-51,53-56,58-60,62-74H2,1-4H3,(H,87,88)(H,89,90)/b13-9-,14-10-,15-11-,25-21-,26-22-,27-23-,35-32-,38-37-,39-33-,40-34-,47-43-,49-46-,52-48-,61-57-. The van der Waals surface area contributed by atoms with Crippen LogP contribution in [0.15, 0.2) is 170 Å². The van der Waals surface area contributed by atoms with Crippen LogP contribution in [0.5, 0.6) is 0 Å². The highest BCUT2D eigenvalue weighted by Gasteiger charge is 2.30. The van der Waals surface area contributed by atoms with Gasteiger partial charge in [-0.05, 0) is 135 Å². The summed E-state index contributed by atoms with van der Waals surface area (Å²) in [6.07, 6.45) is 83.9. The lowest BCUT2D eigenvalue weighted by molar-refractivity contribution is -0.161. The number of hydrogen-bond donors (Lipinski definition) is 3. The predicted octanol–water partition coefficient (Wildman–Crippen LogP) is 21.4. The number of phosphoric ester groups is 2.